The standard InChI is InChI=1S/C37H25NO/c1-2-3-5-15-32-24-30-23-28(19-21-37(30)39-32)26-11-10-12-27(22-26)29-18-20-36-34(25-29)33-16-8-9-17-35(33)38(36)31-13-6-4-7-14-31/h1,3-23,25H,24H2/b5-3-,32-15+. The van der Waals surface area contributed by atoms with E-state index in [4.69, 9.17) is 11.2 Å². The molecule has 6 aromatic rings. The van der Waals surface area contributed by atoms with Gasteiger partial charge in [0.05, 0.1) is 11.0 Å². The summed E-state index contributed by atoms with van der Waals surface area (Å²) in [6.45, 7) is 0. The highest BCUT2D eigenvalue weighted by Gasteiger charge is 2.18. The van der Waals surface area contributed by atoms with Crippen LogP contribution in [0.2, 0.25) is 0 Å². The van der Waals surface area contributed by atoms with E-state index in [1.165, 1.54) is 55.3 Å². The Morgan fingerprint density at radius 1 is 0.667 bits per heavy atom. The van der Waals surface area contributed by atoms with Crippen LogP contribution >= 0.6 is 0 Å². The first-order chi connectivity index (χ1) is 19.3. The highest BCUT2D eigenvalue weighted by molar-refractivity contribution is 6.10. The molecule has 2 heteroatoms. The van der Waals surface area contributed by atoms with Crippen molar-refractivity contribution in [3.05, 3.63) is 145 Å². The molecular formula is C37H25NO. The molecule has 2 heterocycles. The second-order valence-electron chi connectivity index (χ2n) is 9.76. The lowest BCUT2D eigenvalue weighted by molar-refractivity contribution is 0.446. The summed E-state index contributed by atoms with van der Waals surface area (Å²) < 4.78 is 8.34. The summed E-state index contributed by atoms with van der Waals surface area (Å²) in [5.41, 5.74) is 9.55. The predicted octanol–water partition coefficient (Wildman–Crippen LogP) is 9.13. The van der Waals surface area contributed by atoms with E-state index in [2.05, 4.69) is 126 Å². The van der Waals surface area contributed by atoms with Gasteiger partial charge in [-0.05, 0) is 82.9 Å². The molecule has 5 aromatic carbocycles. The van der Waals surface area contributed by atoms with Crippen LogP contribution in [0, 0.1) is 12.3 Å². The number of rotatable bonds is 4. The summed E-state index contributed by atoms with van der Waals surface area (Å²) in [7, 11) is 0. The summed E-state index contributed by atoms with van der Waals surface area (Å²) in [6, 6.07) is 41.2. The van der Waals surface area contributed by atoms with Crippen LogP contribution in [-0.2, 0) is 6.42 Å². The van der Waals surface area contributed by atoms with Gasteiger partial charge in [-0.1, -0.05) is 78.7 Å². The first-order valence-electron chi connectivity index (χ1n) is 13.1. The van der Waals surface area contributed by atoms with E-state index < -0.39 is 0 Å². The van der Waals surface area contributed by atoms with Gasteiger partial charge >= 0.3 is 0 Å². The SMILES string of the molecule is C#C/C=C\C=C1/Cc2cc(-c3cccc(-c4ccc5c(c4)c4ccccc4n5-c4ccccc4)c3)ccc2O1. The molecule has 0 unspecified atom stereocenters. The maximum absolute atomic E-state index is 5.99. The highest BCUT2D eigenvalue weighted by Crippen LogP contribution is 2.37. The van der Waals surface area contributed by atoms with Crippen LogP contribution < -0.4 is 4.74 Å². The fraction of sp³-hybridized carbons (Fsp3) is 0.0270. The number of para-hydroxylation sites is 2. The first-order valence-corrected chi connectivity index (χ1v) is 13.1. The third kappa shape index (κ3) is 4.11. The first kappa shape index (κ1) is 22.9. The molecule has 0 N–H and O–H groups in total. The maximum Gasteiger partial charge on any atom is 0.130 e. The van der Waals surface area contributed by atoms with Gasteiger partial charge in [-0.3, -0.25) is 0 Å². The number of hydrogen-bond acceptors (Lipinski definition) is 1. The smallest absolute Gasteiger partial charge is 0.130 e. The Balaban J connectivity index is 1.28. The second-order valence-corrected chi connectivity index (χ2v) is 9.76. The van der Waals surface area contributed by atoms with Gasteiger partial charge in [-0.2, -0.15) is 0 Å². The van der Waals surface area contributed by atoms with Crippen LogP contribution in [0.15, 0.2) is 139 Å². The molecule has 1 aliphatic rings. The highest BCUT2D eigenvalue weighted by atomic mass is 16.5. The summed E-state index contributed by atoms with van der Waals surface area (Å²) in [4.78, 5) is 0. The van der Waals surface area contributed by atoms with Gasteiger partial charge in [-0.25, -0.2) is 0 Å². The van der Waals surface area contributed by atoms with Crippen molar-refractivity contribution in [1.29, 1.82) is 0 Å². The minimum atomic E-state index is 0.764. The van der Waals surface area contributed by atoms with Crippen LogP contribution in [0.1, 0.15) is 5.56 Å². The molecule has 0 spiro atoms. The second kappa shape index (κ2) is 9.56. The van der Waals surface area contributed by atoms with Crippen molar-refractivity contribution in [3.63, 3.8) is 0 Å². The third-order valence-electron chi connectivity index (χ3n) is 7.36. The number of benzene rings is 5. The number of hydrogen-bond donors (Lipinski definition) is 0. The van der Waals surface area contributed by atoms with E-state index in [9.17, 15) is 0 Å². The molecule has 0 saturated carbocycles. The minimum Gasteiger partial charge on any atom is -0.461 e. The van der Waals surface area contributed by atoms with Crippen molar-refractivity contribution >= 4 is 21.8 Å². The van der Waals surface area contributed by atoms with Crippen LogP contribution in [-0.4, -0.2) is 4.57 Å². The van der Waals surface area contributed by atoms with Crippen molar-refractivity contribution in [2.45, 2.75) is 6.42 Å². The van der Waals surface area contributed by atoms with Gasteiger partial charge in [0.15, 0.2) is 0 Å². The van der Waals surface area contributed by atoms with Crippen LogP contribution in [0.3, 0.4) is 0 Å². The number of allylic oxidation sites excluding steroid dienone is 4. The van der Waals surface area contributed by atoms with Crippen molar-refractivity contribution in [2.24, 2.45) is 0 Å². The zero-order chi connectivity index (χ0) is 26.2. The van der Waals surface area contributed by atoms with Gasteiger partial charge in [0.25, 0.3) is 0 Å². The van der Waals surface area contributed by atoms with E-state index >= 15 is 0 Å². The Hall–Kier alpha value is -5.26. The number of fused-ring (bicyclic) bond motifs is 4. The molecule has 184 valence electrons. The van der Waals surface area contributed by atoms with Crippen LogP contribution in [0.4, 0.5) is 0 Å². The Labute approximate surface area is 228 Å². The monoisotopic (exact) mass is 499 g/mol. The molecule has 0 radical (unpaired) electrons. The molecule has 7 rings (SSSR count). The lowest BCUT2D eigenvalue weighted by Gasteiger charge is -2.09. The summed E-state index contributed by atoms with van der Waals surface area (Å²) in [5, 5.41) is 2.51. The molecular weight excluding hydrogens is 474 g/mol. The summed E-state index contributed by atoms with van der Waals surface area (Å²) >= 11 is 0. The zero-order valence-electron chi connectivity index (χ0n) is 21.3. The van der Waals surface area contributed by atoms with Crippen molar-refractivity contribution < 1.29 is 4.74 Å². The quantitative estimate of drug-likeness (QED) is 0.221. The van der Waals surface area contributed by atoms with Gasteiger partial charge in [0.2, 0.25) is 0 Å². The number of aromatic nitrogens is 1. The lowest BCUT2D eigenvalue weighted by atomic mass is 9.96. The van der Waals surface area contributed by atoms with E-state index in [0.29, 0.717) is 0 Å². The molecule has 0 amide bonds. The number of terminal acetylenes is 1. The number of nitrogens with zero attached hydrogens (tertiary/aromatic N) is 1. The molecule has 0 fully saturated rings. The molecule has 1 aliphatic heterocycles. The molecule has 0 atom stereocenters. The number of ether oxygens (including phenoxy) is 1. The minimum absolute atomic E-state index is 0.764. The third-order valence-corrected chi connectivity index (χ3v) is 7.36. The molecule has 39 heavy (non-hydrogen) atoms. The average Bonchev–Trinajstić information content (AvgIpc) is 3.55. The van der Waals surface area contributed by atoms with Crippen molar-refractivity contribution in [1.82, 2.24) is 4.57 Å². The zero-order valence-corrected chi connectivity index (χ0v) is 21.3. The Kier molecular flexibility index (Phi) is 5.61. The van der Waals surface area contributed by atoms with Crippen molar-refractivity contribution in [3.8, 4) is 46.0 Å². The van der Waals surface area contributed by atoms with E-state index in [1.54, 1.807) is 6.08 Å². The molecule has 2 nitrogen and oxygen atoms in total. The van der Waals surface area contributed by atoms with E-state index in [1.807, 2.05) is 12.2 Å². The summed E-state index contributed by atoms with van der Waals surface area (Å²) in [5.74, 6) is 4.33. The van der Waals surface area contributed by atoms with Crippen LogP contribution in [0.25, 0.3) is 49.7 Å². The van der Waals surface area contributed by atoms with Gasteiger partial charge in [-0.15, -0.1) is 6.42 Å². The van der Waals surface area contributed by atoms with Crippen molar-refractivity contribution in [2.75, 3.05) is 0 Å². The van der Waals surface area contributed by atoms with Gasteiger partial charge in [0.1, 0.15) is 11.5 Å². The van der Waals surface area contributed by atoms with E-state index in [-0.39, 0.29) is 0 Å². The Bertz CT molecular complexity index is 1960. The van der Waals surface area contributed by atoms with Crippen LogP contribution in [0.5, 0.6) is 5.75 Å². The average molecular weight is 500 g/mol. The maximum atomic E-state index is 5.99. The van der Waals surface area contributed by atoms with Gasteiger partial charge < -0.3 is 9.30 Å². The Morgan fingerprint density at radius 3 is 2.23 bits per heavy atom. The molecule has 0 bridgehead atoms. The fourth-order valence-electron chi connectivity index (χ4n) is 5.55. The summed E-state index contributed by atoms with van der Waals surface area (Å²) in [6.07, 6.45) is 11.5. The largest absolute Gasteiger partial charge is 0.461 e. The Morgan fingerprint density at radius 2 is 1.38 bits per heavy atom. The predicted molar refractivity (Wildman–Crippen MR) is 162 cm³/mol. The van der Waals surface area contributed by atoms with Gasteiger partial charge in [0, 0.05) is 28.4 Å². The molecule has 1 aromatic heterocycles. The normalized spacial score (nSPS) is 13.7. The lowest BCUT2D eigenvalue weighted by Crippen LogP contribution is -1.92. The fourth-order valence-corrected chi connectivity index (χ4v) is 5.55. The van der Waals surface area contributed by atoms with E-state index in [0.717, 1.165) is 17.9 Å². The topological polar surface area (TPSA) is 14.2 Å². The molecule has 0 aliphatic carbocycles. The molecule has 0 saturated heterocycles.